The highest BCUT2D eigenvalue weighted by atomic mass is 16.5. The fourth-order valence-corrected chi connectivity index (χ4v) is 7.22. The molecule has 1 amide bonds. The van der Waals surface area contributed by atoms with Crippen LogP contribution in [-0.2, 0) is 10.2 Å². The van der Waals surface area contributed by atoms with Crippen LogP contribution in [0.25, 0.3) is 6.08 Å². The van der Waals surface area contributed by atoms with Crippen LogP contribution < -0.4 is 19.7 Å². The SMILES string of the molecule is COc1ccc(OC)c(C(=O)[C@@H]2[C@@H](C(=O)c3ccccc3)N3c4cc(C)ccc4C=C[C@@H]3[C@]23C(=O)Nc2ccccc23)c1. The minimum atomic E-state index is -1.41. The monoisotopic (exact) mass is 570 g/mol. The van der Waals surface area contributed by atoms with Crippen molar-refractivity contribution in [1.29, 1.82) is 0 Å². The fraction of sp³-hybridized carbons (Fsp3) is 0.194. The van der Waals surface area contributed by atoms with Gasteiger partial charge in [-0.1, -0.05) is 72.8 Å². The second kappa shape index (κ2) is 9.98. The molecule has 0 bridgehead atoms. The standard InChI is InChI=1S/C36H30N2O5/c1-21-13-14-22-15-18-30-36(26-11-7-8-12-27(26)37-35(36)41)31(34(40)25-20-24(42-2)16-17-29(25)43-3)32(38(30)28(22)19-21)33(39)23-9-5-4-6-10-23/h4-20,30-32H,1-3H3,(H,37,41)/t30-,31+,32+,36+/m1/s1. The van der Waals surface area contributed by atoms with Gasteiger partial charge in [-0.25, -0.2) is 0 Å². The summed E-state index contributed by atoms with van der Waals surface area (Å²) >= 11 is 0. The first-order chi connectivity index (χ1) is 20.9. The fourth-order valence-electron chi connectivity index (χ4n) is 7.22. The number of amides is 1. The summed E-state index contributed by atoms with van der Waals surface area (Å²) in [6, 6.07) is 25.9. The lowest BCUT2D eigenvalue weighted by molar-refractivity contribution is -0.121. The average Bonchev–Trinajstić information content (AvgIpc) is 3.52. The molecule has 0 unspecified atom stereocenters. The first-order valence-corrected chi connectivity index (χ1v) is 14.2. The van der Waals surface area contributed by atoms with Crippen molar-refractivity contribution in [2.75, 3.05) is 24.4 Å². The van der Waals surface area contributed by atoms with Gasteiger partial charge in [0.15, 0.2) is 11.6 Å². The largest absolute Gasteiger partial charge is 0.497 e. The number of ketones is 2. The Morgan fingerprint density at radius 3 is 2.40 bits per heavy atom. The van der Waals surface area contributed by atoms with Crippen LogP contribution in [0, 0.1) is 12.8 Å². The van der Waals surface area contributed by atoms with Crippen LogP contribution >= 0.6 is 0 Å². The van der Waals surface area contributed by atoms with Crippen molar-refractivity contribution in [3.63, 3.8) is 0 Å². The Balaban J connectivity index is 1.56. The third-order valence-corrected chi connectivity index (χ3v) is 9.07. The predicted molar refractivity (Wildman–Crippen MR) is 165 cm³/mol. The Bertz CT molecular complexity index is 1830. The first-order valence-electron chi connectivity index (χ1n) is 14.2. The molecular weight excluding hydrogens is 540 g/mol. The van der Waals surface area contributed by atoms with Crippen molar-refractivity contribution >= 4 is 34.9 Å². The second-order valence-electron chi connectivity index (χ2n) is 11.2. The number of para-hydroxylation sites is 1. The Morgan fingerprint density at radius 2 is 1.63 bits per heavy atom. The van der Waals surface area contributed by atoms with E-state index in [0.29, 0.717) is 28.3 Å². The van der Waals surface area contributed by atoms with Crippen LogP contribution in [0.5, 0.6) is 11.5 Å². The minimum Gasteiger partial charge on any atom is -0.497 e. The molecule has 4 aromatic rings. The van der Waals surface area contributed by atoms with E-state index in [1.165, 1.54) is 14.2 Å². The second-order valence-corrected chi connectivity index (χ2v) is 11.2. The normalized spacial score (nSPS) is 22.9. The summed E-state index contributed by atoms with van der Waals surface area (Å²) in [6.07, 6.45) is 3.97. The van der Waals surface area contributed by atoms with E-state index in [2.05, 4.69) is 5.32 Å². The molecule has 0 radical (unpaired) electrons. The third kappa shape index (κ3) is 3.77. The molecule has 4 atom stereocenters. The highest BCUT2D eigenvalue weighted by Crippen LogP contribution is 2.58. The van der Waals surface area contributed by atoms with E-state index in [4.69, 9.17) is 9.47 Å². The van der Waals surface area contributed by atoms with Crippen LogP contribution in [-0.4, -0.2) is 43.8 Å². The number of fused-ring (bicyclic) bond motifs is 6. The lowest BCUT2D eigenvalue weighted by Crippen LogP contribution is -2.51. The van der Waals surface area contributed by atoms with Crippen LogP contribution in [0.2, 0.25) is 0 Å². The van der Waals surface area contributed by atoms with E-state index in [1.807, 2.05) is 84.6 Å². The molecule has 3 heterocycles. The molecule has 1 saturated heterocycles. The number of hydrogen-bond acceptors (Lipinski definition) is 6. The molecule has 7 nitrogen and oxygen atoms in total. The topological polar surface area (TPSA) is 84.9 Å². The van der Waals surface area contributed by atoms with Gasteiger partial charge in [-0.15, -0.1) is 0 Å². The van der Waals surface area contributed by atoms with Gasteiger partial charge in [0.2, 0.25) is 5.91 Å². The van der Waals surface area contributed by atoms with Gasteiger partial charge in [0.05, 0.1) is 31.7 Å². The van der Waals surface area contributed by atoms with Gasteiger partial charge in [-0.3, -0.25) is 14.4 Å². The summed E-state index contributed by atoms with van der Waals surface area (Å²) in [5.74, 6) is -1.21. The van der Waals surface area contributed by atoms with Gasteiger partial charge in [-0.2, -0.15) is 0 Å². The summed E-state index contributed by atoms with van der Waals surface area (Å²) in [5, 5.41) is 3.07. The van der Waals surface area contributed by atoms with E-state index < -0.39 is 23.4 Å². The minimum absolute atomic E-state index is 0.234. The van der Waals surface area contributed by atoms with Gasteiger partial charge in [-0.05, 0) is 53.9 Å². The molecule has 1 N–H and O–H groups in total. The van der Waals surface area contributed by atoms with Crippen molar-refractivity contribution in [3.8, 4) is 11.5 Å². The number of nitrogens with one attached hydrogen (secondary N) is 1. The van der Waals surface area contributed by atoms with Crippen LogP contribution in [0.3, 0.4) is 0 Å². The molecule has 1 fully saturated rings. The van der Waals surface area contributed by atoms with Crippen molar-refractivity contribution in [1.82, 2.24) is 0 Å². The van der Waals surface area contributed by atoms with Crippen molar-refractivity contribution in [2.24, 2.45) is 5.92 Å². The highest BCUT2D eigenvalue weighted by Gasteiger charge is 2.70. The molecule has 7 heteroatoms. The maximum atomic E-state index is 15.2. The van der Waals surface area contributed by atoms with Gasteiger partial charge in [0.1, 0.15) is 23.0 Å². The summed E-state index contributed by atoms with van der Waals surface area (Å²) in [6.45, 7) is 1.99. The predicted octanol–water partition coefficient (Wildman–Crippen LogP) is 5.87. The Hall–Kier alpha value is -5.17. The summed E-state index contributed by atoms with van der Waals surface area (Å²) in [4.78, 5) is 46.5. The van der Waals surface area contributed by atoms with E-state index in [1.54, 1.807) is 30.3 Å². The maximum Gasteiger partial charge on any atom is 0.238 e. The van der Waals surface area contributed by atoms with Crippen LogP contribution in [0.4, 0.5) is 11.4 Å². The number of carbonyl (C=O) groups excluding carboxylic acids is 3. The zero-order chi connectivity index (χ0) is 29.9. The molecule has 7 rings (SSSR count). The summed E-state index contributed by atoms with van der Waals surface area (Å²) < 4.78 is 11.1. The number of nitrogens with zero attached hydrogens (tertiary/aromatic N) is 1. The van der Waals surface area contributed by atoms with E-state index in [-0.39, 0.29) is 23.0 Å². The lowest BCUT2D eigenvalue weighted by Gasteiger charge is -2.37. The average molecular weight is 571 g/mol. The number of ether oxygens (including phenoxy) is 2. The number of Topliss-reactive ketones (excluding diaryl/α,β-unsaturated/α-hetero) is 2. The van der Waals surface area contributed by atoms with Gasteiger partial charge in [0.25, 0.3) is 0 Å². The van der Waals surface area contributed by atoms with Gasteiger partial charge < -0.3 is 19.7 Å². The zero-order valence-corrected chi connectivity index (χ0v) is 24.0. The summed E-state index contributed by atoms with van der Waals surface area (Å²) in [5.41, 5.74) is 3.38. The Labute approximate surface area is 249 Å². The van der Waals surface area contributed by atoms with Crippen molar-refractivity contribution in [2.45, 2.75) is 24.4 Å². The number of methoxy groups -OCH3 is 2. The molecule has 4 aromatic carbocycles. The number of anilines is 2. The Morgan fingerprint density at radius 1 is 0.860 bits per heavy atom. The molecule has 0 aliphatic carbocycles. The molecule has 1 spiro atoms. The molecule has 0 aromatic heterocycles. The van der Waals surface area contributed by atoms with E-state index >= 15 is 4.79 Å². The lowest BCUT2D eigenvalue weighted by atomic mass is 9.64. The third-order valence-electron chi connectivity index (χ3n) is 9.07. The summed E-state index contributed by atoms with van der Waals surface area (Å²) in [7, 11) is 3.03. The van der Waals surface area contributed by atoms with Crippen LogP contribution in [0.1, 0.15) is 37.4 Å². The molecule has 3 aliphatic rings. The first kappa shape index (κ1) is 26.7. The quantitative estimate of drug-likeness (QED) is 0.292. The van der Waals surface area contributed by atoms with E-state index in [0.717, 1.165) is 16.8 Å². The molecular formula is C36H30N2O5. The number of carbonyl (C=O) groups is 3. The van der Waals surface area contributed by atoms with Gasteiger partial charge in [0, 0.05) is 16.9 Å². The van der Waals surface area contributed by atoms with Crippen molar-refractivity contribution in [3.05, 3.63) is 125 Å². The number of rotatable bonds is 6. The molecule has 3 aliphatic heterocycles. The highest BCUT2D eigenvalue weighted by molar-refractivity contribution is 6.19. The molecule has 0 saturated carbocycles. The van der Waals surface area contributed by atoms with E-state index in [9.17, 15) is 9.59 Å². The number of aryl methyl sites for hydroxylation is 1. The number of benzene rings is 4. The van der Waals surface area contributed by atoms with Crippen molar-refractivity contribution < 1.29 is 23.9 Å². The maximum absolute atomic E-state index is 15.2. The number of hydrogen-bond donors (Lipinski definition) is 1. The zero-order valence-electron chi connectivity index (χ0n) is 24.0. The van der Waals surface area contributed by atoms with Gasteiger partial charge >= 0.3 is 0 Å². The molecule has 43 heavy (non-hydrogen) atoms. The molecule has 214 valence electrons. The van der Waals surface area contributed by atoms with Crippen LogP contribution in [0.15, 0.2) is 97.1 Å². The smallest absolute Gasteiger partial charge is 0.238 e. The Kier molecular flexibility index (Phi) is 6.20.